The third-order valence-electron chi connectivity index (χ3n) is 4.00. The molecule has 0 saturated carbocycles. The van der Waals surface area contributed by atoms with Crippen LogP contribution < -0.4 is 0 Å². The van der Waals surface area contributed by atoms with Crippen molar-refractivity contribution in [1.29, 1.82) is 0 Å². The fourth-order valence-electron chi connectivity index (χ4n) is 2.66. The molecule has 1 aromatic carbocycles. The van der Waals surface area contributed by atoms with Gasteiger partial charge in [-0.25, -0.2) is 12.7 Å². The van der Waals surface area contributed by atoms with Crippen molar-refractivity contribution in [2.24, 2.45) is 5.92 Å². The van der Waals surface area contributed by atoms with Crippen LogP contribution in [0.15, 0.2) is 24.3 Å². The predicted molar refractivity (Wildman–Crippen MR) is 78.6 cm³/mol. The largest absolute Gasteiger partial charge is 0.213 e. The van der Waals surface area contributed by atoms with Crippen LogP contribution in [-0.2, 0) is 16.4 Å². The average Bonchev–Trinajstić information content (AvgIpc) is 2.37. The van der Waals surface area contributed by atoms with Gasteiger partial charge in [-0.3, -0.25) is 0 Å². The molecule has 0 radical (unpaired) electrons. The maximum Gasteiger partial charge on any atom is 0.211 e. The Kier molecular flexibility index (Phi) is 4.63. The van der Waals surface area contributed by atoms with E-state index in [0.29, 0.717) is 19.0 Å². The van der Waals surface area contributed by atoms with Crippen molar-refractivity contribution in [3.05, 3.63) is 35.4 Å². The Labute approximate surface area is 116 Å². The molecule has 0 spiro atoms. The molecule has 106 valence electrons. The summed E-state index contributed by atoms with van der Waals surface area (Å²) in [4.78, 5) is 0. The average molecular weight is 281 g/mol. The second kappa shape index (κ2) is 6.06. The molecule has 0 aliphatic carbocycles. The number of sulfonamides is 1. The fourth-order valence-corrected chi connectivity index (χ4v) is 3.53. The monoisotopic (exact) mass is 281 g/mol. The molecule has 2 rings (SSSR count). The topological polar surface area (TPSA) is 37.4 Å². The van der Waals surface area contributed by atoms with Gasteiger partial charge in [0.05, 0.1) is 6.26 Å². The first-order chi connectivity index (χ1) is 8.95. The molecular weight excluding hydrogens is 258 g/mol. The molecule has 19 heavy (non-hydrogen) atoms. The van der Waals surface area contributed by atoms with Crippen LogP contribution >= 0.6 is 0 Å². The fraction of sp³-hybridized carbons (Fsp3) is 0.600. The molecule has 1 saturated heterocycles. The zero-order chi connectivity index (χ0) is 13.9. The molecule has 1 aliphatic rings. The van der Waals surface area contributed by atoms with Gasteiger partial charge >= 0.3 is 0 Å². The van der Waals surface area contributed by atoms with E-state index in [1.807, 2.05) is 0 Å². The van der Waals surface area contributed by atoms with Crippen LogP contribution in [0.2, 0.25) is 0 Å². The van der Waals surface area contributed by atoms with Crippen molar-refractivity contribution < 1.29 is 8.42 Å². The van der Waals surface area contributed by atoms with Gasteiger partial charge in [-0.1, -0.05) is 29.8 Å². The highest BCUT2D eigenvalue weighted by Gasteiger charge is 2.24. The minimum absolute atomic E-state index is 0.666. The van der Waals surface area contributed by atoms with Gasteiger partial charge in [0.2, 0.25) is 10.0 Å². The lowest BCUT2D eigenvalue weighted by atomic mass is 9.91. The zero-order valence-electron chi connectivity index (χ0n) is 11.8. The lowest BCUT2D eigenvalue weighted by Gasteiger charge is -2.30. The highest BCUT2D eigenvalue weighted by Crippen LogP contribution is 2.23. The number of hydrogen-bond donors (Lipinski definition) is 0. The van der Waals surface area contributed by atoms with E-state index >= 15 is 0 Å². The Morgan fingerprint density at radius 2 is 1.74 bits per heavy atom. The molecule has 1 aliphatic heterocycles. The Morgan fingerprint density at radius 3 is 2.26 bits per heavy atom. The summed E-state index contributed by atoms with van der Waals surface area (Å²) < 4.78 is 24.5. The molecule has 1 heterocycles. The minimum atomic E-state index is -2.99. The van der Waals surface area contributed by atoms with Gasteiger partial charge in [-0.15, -0.1) is 0 Å². The molecule has 0 amide bonds. The van der Waals surface area contributed by atoms with Gasteiger partial charge in [-0.05, 0) is 44.1 Å². The lowest BCUT2D eigenvalue weighted by molar-refractivity contribution is 0.265. The van der Waals surface area contributed by atoms with Gasteiger partial charge in [-0.2, -0.15) is 0 Å². The first-order valence-electron chi connectivity index (χ1n) is 6.96. The van der Waals surface area contributed by atoms with Crippen molar-refractivity contribution in [2.45, 2.75) is 32.6 Å². The smallest absolute Gasteiger partial charge is 0.211 e. The molecule has 0 unspecified atom stereocenters. The third kappa shape index (κ3) is 4.32. The Hall–Kier alpha value is -0.870. The number of nitrogens with zero attached hydrogens (tertiary/aromatic N) is 1. The Balaban J connectivity index is 1.78. The van der Waals surface area contributed by atoms with Gasteiger partial charge < -0.3 is 0 Å². The molecule has 0 atom stereocenters. The van der Waals surface area contributed by atoms with E-state index in [1.165, 1.54) is 23.8 Å². The van der Waals surface area contributed by atoms with Crippen LogP contribution in [-0.4, -0.2) is 32.1 Å². The first-order valence-corrected chi connectivity index (χ1v) is 8.80. The second-order valence-electron chi connectivity index (χ2n) is 5.63. The number of piperidine rings is 1. The van der Waals surface area contributed by atoms with Crippen LogP contribution in [0.4, 0.5) is 0 Å². The normalized spacial score (nSPS) is 18.6. The maximum atomic E-state index is 11.4. The van der Waals surface area contributed by atoms with E-state index in [2.05, 4.69) is 31.2 Å². The quantitative estimate of drug-likeness (QED) is 0.850. The highest BCUT2D eigenvalue weighted by atomic mass is 32.2. The van der Waals surface area contributed by atoms with Crippen LogP contribution in [0, 0.1) is 12.8 Å². The van der Waals surface area contributed by atoms with Crippen molar-refractivity contribution >= 4 is 10.0 Å². The summed E-state index contributed by atoms with van der Waals surface area (Å²) in [7, 11) is -2.99. The van der Waals surface area contributed by atoms with Gasteiger partial charge in [0.1, 0.15) is 0 Å². The standard InChI is InChI=1S/C15H23NO2S/c1-13-3-5-14(6-4-13)7-8-15-9-11-16(12-10-15)19(2,17)18/h3-6,15H,7-12H2,1-2H3. The van der Waals surface area contributed by atoms with E-state index in [0.717, 1.165) is 19.3 Å². The highest BCUT2D eigenvalue weighted by molar-refractivity contribution is 7.88. The van der Waals surface area contributed by atoms with E-state index in [9.17, 15) is 8.42 Å². The number of rotatable bonds is 4. The molecule has 3 nitrogen and oxygen atoms in total. The molecule has 0 bridgehead atoms. The number of hydrogen-bond acceptors (Lipinski definition) is 2. The Morgan fingerprint density at radius 1 is 1.16 bits per heavy atom. The van der Waals surface area contributed by atoms with Gasteiger partial charge in [0, 0.05) is 13.1 Å². The summed E-state index contributed by atoms with van der Waals surface area (Å²) in [5, 5.41) is 0. The van der Waals surface area contributed by atoms with E-state index in [1.54, 1.807) is 4.31 Å². The van der Waals surface area contributed by atoms with E-state index < -0.39 is 10.0 Å². The summed E-state index contributed by atoms with van der Waals surface area (Å²) in [5.74, 6) is 0.666. The van der Waals surface area contributed by atoms with Crippen molar-refractivity contribution in [3.8, 4) is 0 Å². The van der Waals surface area contributed by atoms with E-state index in [-0.39, 0.29) is 0 Å². The summed E-state index contributed by atoms with van der Waals surface area (Å²) in [5.41, 5.74) is 2.68. The van der Waals surface area contributed by atoms with Crippen molar-refractivity contribution in [1.82, 2.24) is 4.31 Å². The molecule has 4 heteroatoms. The minimum Gasteiger partial charge on any atom is -0.213 e. The van der Waals surface area contributed by atoms with Crippen LogP contribution in [0.1, 0.15) is 30.4 Å². The number of benzene rings is 1. The molecular formula is C15H23NO2S. The molecule has 1 aromatic rings. The lowest BCUT2D eigenvalue weighted by Crippen LogP contribution is -2.37. The molecule has 0 aromatic heterocycles. The SMILES string of the molecule is Cc1ccc(CCC2CCN(S(C)(=O)=O)CC2)cc1. The Bertz CT molecular complexity index is 499. The van der Waals surface area contributed by atoms with Gasteiger partial charge in [0.15, 0.2) is 0 Å². The first kappa shape index (κ1) is 14.5. The van der Waals surface area contributed by atoms with Crippen LogP contribution in [0.3, 0.4) is 0 Å². The van der Waals surface area contributed by atoms with Crippen LogP contribution in [0.25, 0.3) is 0 Å². The maximum absolute atomic E-state index is 11.4. The predicted octanol–water partition coefficient (Wildman–Crippen LogP) is 2.60. The summed E-state index contributed by atoms with van der Waals surface area (Å²) in [6.45, 7) is 3.49. The summed E-state index contributed by atoms with van der Waals surface area (Å²) >= 11 is 0. The zero-order valence-corrected chi connectivity index (χ0v) is 12.6. The molecule has 0 N–H and O–H groups in total. The molecule has 1 fully saturated rings. The summed E-state index contributed by atoms with van der Waals surface area (Å²) in [6, 6.07) is 8.70. The second-order valence-corrected chi connectivity index (χ2v) is 7.61. The number of aryl methyl sites for hydroxylation is 2. The van der Waals surface area contributed by atoms with Crippen molar-refractivity contribution in [3.63, 3.8) is 0 Å². The van der Waals surface area contributed by atoms with Crippen LogP contribution in [0.5, 0.6) is 0 Å². The third-order valence-corrected chi connectivity index (χ3v) is 5.31. The summed E-state index contributed by atoms with van der Waals surface area (Å²) in [6.07, 6.45) is 5.57. The van der Waals surface area contributed by atoms with Gasteiger partial charge in [0.25, 0.3) is 0 Å². The van der Waals surface area contributed by atoms with Crippen molar-refractivity contribution in [2.75, 3.05) is 19.3 Å². The van der Waals surface area contributed by atoms with E-state index in [4.69, 9.17) is 0 Å².